The maximum Gasteiger partial charge on any atom is 0.328 e. The van der Waals surface area contributed by atoms with Crippen molar-refractivity contribution >= 4 is 67.5 Å². The Morgan fingerprint density at radius 1 is 0.818 bits per heavy atom. The average molecular weight is 530 g/mol. The van der Waals surface area contributed by atoms with Crippen LogP contribution in [0.25, 0.3) is 10.9 Å². The molecule has 10 heteroatoms. The number of rotatable bonds is 4. The molecule has 3 aromatic carbocycles. The van der Waals surface area contributed by atoms with Gasteiger partial charge < -0.3 is 10.6 Å². The summed E-state index contributed by atoms with van der Waals surface area (Å²) in [5, 5.41) is 6.15. The molecule has 0 atom stereocenters. The number of hydrogen-bond donors (Lipinski definition) is 3. The van der Waals surface area contributed by atoms with Gasteiger partial charge >= 0.3 is 11.8 Å². The molecule has 0 aliphatic carbocycles. The van der Waals surface area contributed by atoms with Crippen LogP contribution in [-0.2, 0) is 9.59 Å². The van der Waals surface area contributed by atoms with Crippen LogP contribution in [0, 0.1) is 5.82 Å². The topological polar surface area (TPSA) is 92.2 Å². The molecule has 0 aliphatic rings. The lowest BCUT2D eigenvalue weighted by Gasteiger charge is -2.13. The summed E-state index contributed by atoms with van der Waals surface area (Å²) in [6.07, 6.45) is 0. The first-order valence-electron chi connectivity index (χ1n) is 9.56. The molecule has 0 radical (unpaired) electrons. The predicted octanol–water partition coefficient (Wildman–Crippen LogP) is 5.16. The highest BCUT2D eigenvalue weighted by Crippen LogP contribution is 2.24. The summed E-state index contributed by atoms with van der Waals surface area (Å²) in [7, 11) is 0. The van der Waals surface area contributed by atoms with Crippen molar-refractivity contribution in [2.24, 2.45) is 0 Å². The van der Waals surface area contributed by atoms with Crippen LogP contribution in [0.5, 0.6) is 0 Å². The Hall–Kier alpha value is -3.69. The summed E-state index contributed by atoms with van der Waals surface area (Å²) < 4.78 is 15.1. The van der Waals surface area contributed by atoms with Gasteiger partial charge in [-0.3, -0.25) is 19.8 Å². The minimum Gasteiger partial charge on any atom is -0.321 e. The monoisotopic (exact) mass is 528 g/mol. The van der Waals surface area contributed by atoms with E-state index < -0.39 is 23.5 Å². The van der Waals surface area contributed by atoms with E-state index in [0.29, 0.717) is 21.6 Å². The molecule has 0 aliphatic heterocycles. The highest BCUT2D eigenvalue weighted by Gasteiger charge is 2.21. The van der Waals surface area contributed by atoms with E-state index in [1.807, 2.05) is 0 Å². The first kappa shape index (κ1) is 22.5. The van der Waals surface area contributed by atoms with E-state index in [1.54, 1.807) is 48.5 Å². The van der Waals surface area contributed by atoms with Gasteiger partial charge in [-0.2, -0.15) is 0 Å². The highest BCUT2D eigenvalue weighted by molar-refractivity contribution is 9.10. The number of hydrogen-bond acceptors (Lipinski definition) is 3. The van der Waals surface area contributed by atoms with Crippen LogP contribution in [0.3, 0.4) is 0 Å². The molecule has 33 heavy (non-hydrogen) atoms. The summed E-state index contributed by atoms with van der Waals surface area (Å²) in [6, 6.07) is 18.3. The second-order valence-electron chi connectivity index (χ2n) is 6.93. The number of carbonyl (C=O) groups excluding carboxylic acids is 3. The van der Waals surface area contributed by atoms with E-state index in [-0.39, 0.29) is 11.4 Å². The molecule has 4 aromatic rings. The van der Waals surface area contributed by atoms with Crippen molar-refractivity contribution in [2.75, 3.05) is 16.1 Å². The molecule has 1 heterocycles. The van der Waals surface area contributed by atoms with Crippen LogP contribution < -0.4 is 16.1 Å². The minimum atomic E-state index is -1.02. The van der Waals surface area contributed by atoms with Gasteiger partial charge in [0.25, 0.3) is 5.91 Å². The van der Waals surface area contributed by atoms with Crippen molar-refractivity contribution in [1.29, 1.82) is 0 Å². The van der Waals surface area contributed by atoms with Gasteiger partial charge in [0, 0.05) is 26.3 Å². The van der Waals surface area contributed by atoms with Crippen LogP contribution in [0.1, 0.15) is 10.5 Å². The fourth-order valence-electron chi connectivity index (χ4n) is 3.08. The molecule has 0 unspecified atom stereocenters. The van der Waals surface area contributed by atoms with Gasteiger partial charge in [-0.15, -0.1) is 0 Å². The van der Waals surface area contributed by atoms with E-state index >= 15 is 0 Å². The van der Waals surface area contributed by atoms with Crippen LogP contribution in [0.15, 0.2) is 77.3 Å². The molecule has 4 rings (SSSR count). The normalized spacial score (nSPS) is 10.6. The van der Waals surface area contributed by atoms with Gasteiger partial charge in [0.1, 0.15) is 11.5 Å². The maximum atomic E-state index is 13.1. The Labute approximate surface area is 200 Å². The number of anilines is 2. The molecule has 3 amide bonds. The highest BCUT2D eigenvalue weighted by atomic mass is 79.9. The van der Waals surface area contributed by atoms with Crippen LogP contribution >= 0.6 is 27.5 Å². The molecule has 0 saturated carbocycles. The Morgan fingerprint density at radius 2 is 1.45 bits per heavy atom. The molecule has 7 nitrogen and oxygen atoms in total. The predicted molar refractivity (Wildman–Crippen MR) is 128 cm³/mol. The van der Waals surface area contributed by atoms with Crippen molar-refractivity contribution in [3.8, 4) is 0 Å². The van der Waals surface area contributed by atoms with E-state index in [4.69, 9.17) is 11.6 Å². The average Bonchev–Trinajstić information content (AvgIpc) is 3.14. The first-order valence-corrected chi connectivity index (χ1v) is 10.7. The lowest BCUT2D eigenvalue weighted by Crippen LogP contribution is -2.36. The molecular formula is C23H15BrClFN4O3. The zero-order valence-electron chi connectivity index (χ0n) is 16.7. The smallest absolute Gasteiger partial charge is 0.321 e. The lowest BCUT2D eigenvalue weighted by molar-refractivity contribution is -0.133. The van der Waals surface area contributed by atoms with Gasteiger partial charge in [-0.1, -0.05) is 27.5 Å². The lowest BCUT2D eigenvalue weighted by atomic mass is 10.2. The fourth-order valence-corrected chi connectivity index (χ4v) is 3.52. The number of aromatic nitrogens is 1. The van der Waals surface area contributed by atoms with Gasteiger partial charge in [-0.05, 0) is 72.8 Å². The molecule has 0 bridgehead atoms. The zero-order valence-corrected chi connectivity index (χ0v) is 19.1. The number of nitrogens with zero attached hydrogens (tertiary/aromatic N) is 1. The summed E-state index contributed by atoms with van der Waals surface area (Å²) >= 11 is 9.40. The van der Waals surface area contributed by atoms with E-state index in [2.05, 4.69) is 32.0 Å². The molecule has 3 N–H and O–H groups in total. The summed E-state index contributed by atoms with van der Waals surface area (Å²) in [4.78, 5) is 37.9. The fraction of sp³-hybridized carbons (Fsp3) is 0. The largest absolute Gasteiger partial charge is 0.328 e. The van der Waals surface area contributed by atoms with E-state index in [0.717, 1.165) is 16.6 Å². The van der Waals surface area contributed by atoms with Crippen LogP contribution in [0.2, 0.25) is 5.02 Å². The third-order valence-electron chi connectivity index (χ3n) is 4.62. The van der Waals surface area contributed by atoms with Crippen LogP contribution in [0.4, 0.5) is 15.8 Å². The van der Waals surface area contributed by atoms with Crippen molar-refractivity contribution in [2.45, 2.75) is 0 Å². The number of amides is 3. The molecule has 0 fully saturated rings. The first-order chi connectivity index (χ1) is 15.8. The van der Waals surface area contributed by atoms with Crippen molar-refractivity contribution in [1.82, 2.24) is 4.68 Å². The van der Waals surface area contributed by atoms with Crippen molar-refractivity contribution in [3.63, 3.8) is 0 Å². The van der Waals surface area contributed by atoms with Crippen molar-refractivity contribution < 1.29 is 18.8 Å². The van der Waals surface area contributed by atoms with Gasteiger partial charge in [-0.25, -0.2) is 9.07 Å². The summed E-state index contributed by atoms with van der Waals surface area (Å²) in [5.41, 5.74) is 3.77. The number of fused-ring (bicyclic) bond motifs is 1. The minimum absolute atomic E-state index is 0.0816. The van der Waals surface area contributed by atoms with E-state index in [1.165, 1.54) is 16.8 Å². The quantitative estimate of drug-likeness (QED) is 0.319. The second kappa shape index (κ2) is 9.43. The number of nitrogens with one attached hydrogen (secondary N) is 3. The molecule has 166 valence electrons. The second-order valence-corrected chi connectivity index (χ2v) is 8.28. The Bertz CT molecular complexity index is 1370. The Balaban J connectivity index is 1.61. The standard InChI is InChI=1S/C23H15BrClFN4O3/c24-14-1-6-17(7-2-14)27-21(31)20-12-13-11-15(25)3-10-19(13)30(20)29-23(33)22(32)28-18-8-4-16(26)5-9-18/h1-12H,(H,27,31)(H,28,32)(H,29,33). The van der Waals surface area contributed by atoms with Gasteiger partial charge in [0.05, 0.1) is 5.52 Å². The summed E-state index contributed by atoms with van der Waals surface area (Å²) in [6.45, 7) is 0. The van der Waals surface area contributed by atoms with E-state index in [9.17, 15) is 18.8 Å². The molecule has 0 spiro atoms. The number of benzene rings is 3. The maximum absolute atomic E-state index is 13.1. The summed E-state index contributed by atoms with van der Waals surface area (Å²) in [5.74, 6) is -3.00. The Kier molecular flexibility index (Phi) is 6.43. The number of carbonyl (C=O) groups is 3. The van der Waals surface area contributed by atoms with Gasteiger partial charge in [0.15, 0.2) is 0 Å². The van der Waals surface area contributed by atoms with Crippen LogP contribution in [-0.4, -0.2) is 22.4 Å². The third-order valence-corrected chi connectivity index (χ3v) is 5.38. The Morgan fingerprint density at radius 3 is 2.15 bits per heavy atom. The van der Waals surface area contributed by atoms with Crippen molar-refractivity contribution in [3.05, 3.63) is 93.8 Å². The molecule has 1 aromatic heterocycles. The molecular weight excluding hydrogens is 515 g/mol. The van der Waals surface area contributed by atoms with Gasteiger partial charge in [0.2, 0.25) is 0 Å². The third kappa shape index (κ3) is 5.21. The molecule has 0 saturated heterocycles. The SMILES string of the molecule is O=C(Nc1ccc(F)cc1)C(=O)Nn1c(C(=O)Nc2ccc(Br)cc2)cc2cc(Cl)ccc21. The zero-order chi connectivity index (χ0) is 23.5. The number of halogens is 3.